The third kappa shape index (κ3) is 44.3. The summed E-state index contributed by atoms with van der Waals surface area (Å²) in [7, 11) is 1.27. The minimum atomic E-state index is -4.58. The minimum absolute atomic E-state index is 0.00259. The van der Waals surface area contributed by atoms with Crippen molar-refractivity contribution in [1.29, 1.82) is 0 Å². The molecule has 0 aliphatic rings. The van der Waals surface area contributed by atoms with E-state index >= 15 is 0 Å². The first-order chi connectivity index (χ1) is 28.5. The predicted molar refractivity (Wildman–Crippen MR) is 251 cm³/mol. The molecule has 2 N–H and O–H groups in total. The second kappa shape index (κ2) is 41.8. The number of allylic oxidation sites excluding steroid dienone is 8. The maximum Gasteiger partial charge on any atom is 0.268 e. The molecular weight excluding hydrogens is 756 g/mol. The van der Waals surface area contributed by atoms with Crippen LogP contribution in [0.15, 0.2) is 48.6 Å². The topological polar surface area (TPSA) is 108 Å². The first-order valence-corrected chi connectivity index (χ1v) is 25.9. The third-order valence-electron chi connectivity index (χ3n) is 10.8. The first-order valence-electron chi connectivity index (χ1n) is 24.5. The van der Waals surface area contributed by atoms with E-state index in [0.29, 0.717) is 30.3 Å². The van der Waals surface area contributed by atoms with Gasteiger partial charge in [-0.25, -0.2) is 0 Å². The summed E-state index contributed by atoms with van der Waals surface area (Å²) in [6.45, 7) is 4.58. The standard InChI is InChI=1S/C50H95N2O6P/c1-6-8-10-12-14-16-18-20-22-23-24-25-26-27-28-30-31-33-35-37-39-41-43-49(53)48(47-58-59(55,56)57-46-45-52(3,4)5)51-50(54)44-42-40-38-36-34-32-29-21-19-17-15-13-11-9-7-2/h9,11,15,17,21,29,34,36,48-49,53H,6-8,10,12-14,16,18-20,22-28,30-33,35,37-47H2,1-5H3,(H-,51,54,55,56)/b11-9-,17-15-,29-21-,36-34-. The van der Waals surface area contributed by atoms with E-state index in [-0.39, 0.29) is 19.1 Å². The Hall–Kier alpha value is -1.54. The van der Waals surface area contributed by atoms with Crippen LogP contribution in [0.2, 0.25) is 0 Å². The second-order valence-electron chi connectivity index (χ2n) is 17.8. The van der Waals surface area contributed by atoms with Gasteiger partial charge in [0.25, 0.3) is 7.82 Å². The molecule has 0 aliphatic heterocycles. The SMILES string of the molecule is CC/C=C\C/C=C\C/C=C\C/C=C\CCCCC(=O)NC(COP(=O)([O-])OCC[N+](C)(C)C)C(O)CCCCCCCCCCCCCCCCCCCCCCCC. The molecule has 0 aliphatic carbocycles. The van der Waals surface area contributed by atoms with E-state index in [1.807, 2.05) is 21.1 Å². The van der Waals surface area contributed by atoms with Crippen molar-refractivity contribution in [3.63, 3.8) is 0 Å². The number of aliphatic hydroxyl groups is 1. The number of carbonyl (C=O) groups is 1. The highest BCUT2D eigenvalue weighted by atomic mass is 31.2. The Morgan fingerprint density at radius 2 is 1.03 bits per heavy atom. The Morgan fingerprint density at radius 3 is 1.47 bits per heavy atom. The quantitative estimate of drug-likeness (QED) is 0.0274. The van der Waals surface area contributed by atoms with Gasteiger partial charge in [0.15, 0.2) is 0 Å². The van der Waals surface area contributed by atoms with Crippen molar-refractivity contribution in [2.75, 3.05) is 40.9 Å². The van der Waals surface area contributed by atoms with Crippen LogP contribution in [0.1, 0.15) is 213 Å². The monoisotopic (exact) mass is 851 g/mol. The fourth-order valence-electron chi connectivity index (χ4n) is 6.97. The average Bonchev–Trinajstić information content (AvgIpc) is 3.19. The maximum atomic E-state index is 12.9. The lowest BCUT2D eigenvalue weighted by Gasteiger charge is -2.30. The molecule has 0 heterocycles. The van der Waals surface area contributed by atoms with Crippen LogP contribution in [-0.2, 0) is 18.4 Å². The van der Waals surface area contributed by atoms with E-state index in [9.17, 15) is 19.4 Å². The van der Waals surface area contributed by atoms with Crippen LogP contribution in [0.3, 0.4) is 0 Å². The molecule has 346 valence electrons. The van der Waals surface area contributed by atoms with Crippen molar-refractivity contribution < 1.29 is 32.9 Å². The Labute approximate surface area is 365 Å². The molecule has 0 saturated heterocycles. The molecule has 0 spiro atoms. The van der Waals surface area contributed by atoms with E-state index in [2.05, 4.69) is 67.8 Å². The second-order valence-corrected chi connectivity index (χ2v) is 19.2. The van der Waals surface area contributed by atoms with Crippen molar-refractivity contribution in [2.24, 2.45) is 0 Å². The molecule has 0 radical (unpaired) electrons. The summed E-state index contributed by atoms with van der Waals surface area (Å²) >= 11 is 0. The number of phosphoric ester groups is 1. The summed E-state index contributed by atoms with van der Waals surface area (Å²) in [5.41, 5.74) is 0. The van der Waals surface area contributed by atoms with Gasteiger partial charge in [0.1, 0.15) is 13.2 Å². The molecule has 0 aromatic carbocycles. The van der Waals surface area contributed by atoms with Crippen LogP contribution >= 0.6 is 7.82 Å². The Bertz CT molecular complexity index is 1100. The van der Waals surface area contributed by atoms with Gasteiger partial charge >= 0.3 is 0 Å². The zero-order valence-electron chi connectivity index (χ0n) is 39.2. The van der Waals surface area contributed by atoms with Crippen LogP contribution in [0.5, 0.6) is 0 Å². The molecule has 0 saturated carbocycles. The van der Waals surface area contributed by atoms with Crippen LogP contribution in [0.25, 0.3) is 0 Å². The van der Waals surface area contributed by atoms with Gasteiger partial charge in [-0.15, -0.1) is 0 Å². The van der Waals surface area contributed by atoms with Gasteiger partial charge in [-0.2, -0.15) is 0 Å². The molecule has 59 heavy (non-hydrogen) atoms. The van der Waals surface area contributed by atoms with Crippen molar-refractivity contribution in [2.45, 2.75) is 225 Å². The number of amides is 1. The molecule has 0 rings (SSSR count). The number of hydrogen-bond donors (Lipinski definition) is 2. The van der Waals surface area contributed by atoms with Crippen molar-refractivity contribution in [3.05, 3.63) is 48.6 Å². The van der Waals surface area contributed by atoms with E-state index in [4.69, 9.17) is 9.05 Å². The smallest absolute Gasteiger partial charge is 0.268 e. The molecule has 0 fully saturated rings. The van der Waals surface area contributed by atoms with Gasteiger partial charge in [-0.05, 0) is 51.4 Å². The zero-order chi connectivity index (χ0) is 43.6. The zero-order valence-corrected chi connectivity index (χ0v) is 40.1. The Kier molecular flexibility index (Phi) is 40.7. The Balaban J connectivity index is 4.31. The number of rotatable bonds is 44. The van der Waals surface area contributed by atoms with Crippen LogP contribution in [0, 0.1) is 0 Å². The number of nitrogens with one attached hydrogen (secondary N) is 1. The van der Waals surface area contributed by atoms with Crippen LogP contribution in [-0.4, -0.2) is 68.5 Å². The minimum Gasteiger partial charge on any atom is -0.756 e. The molecule has 1 amide bonds. The largest absolute Gasteiger partial charge is 0.756 e. The number of carbonyl (C=O) groups excluding carboxylic acids is 1. The van der Waals surface area contributed by atoms with Gasteiger partial charge in [0, 0.05) is 6.42 Å². The number of unbranched alkanes of at least 4 members (excludes halogenated alkanes) is 23. The summed E-state index contributed by atoms with van der Waals surface area (Å²) in [6.07, 6.45) is 52.7. The first kappa shape index (κ1) is 57.5. The molecule has 9 heteroatoms. The van der Waals surface area contributed by atoms with Gasteiger partial charge in [0.05, 0.1) is 39.9 Å². The summed E-state index contributed by atoms with van der Waals surface area (Å²) in [6, 6.07) is -0.823. The summed E-state index contributed by atoms with van der Waals surface area (Å²) < 4.78 is 23.3. The van der Waals surface area contributed by atoms with Crippen molar-refractivity contribution in [3.8, 4) is 0 Å². The number of quaternary nitrogens is 1. The lowest BCUT2D eigenvalue weighted by Crippen LogP contribution is -2.46. The van der Waals surface area contributed by atoms with E-state index in [0.717, 1.165) is 57.8 Å². The van der Waals surface area contributed by atoms with Gasteiger partial charge in [-0.1, -0.05) is 204 Å². The third-order valence-corrected chi connectivity index (χ3v) is 11.8. The Morgan fingerprint density at radius 1 is 0.610 bits per heavy atom. The van der Waals surface area contributed by atoms with Crippen LogP contribution in [0.4, 0.5) is 0 Å². The lowest BCUT2D eigenvalue weighted by atomic mass is 10.0. The highest BCUT2D eigenvalue weighted by Crippen LogP contribution is 2.38. The summed E-state index contributed by atoms with van der Waals surface area (Å²) in [5.74, 6) is -0.205. The lowest BCUT2D eigenvalue weighted by molar-refractivity contribution is -0.870. The van der Waals surface area contributed by atoms with Gasteiger partial charge in [-0.3, -0.25) is 9.36 Å². The molecule has 3 unspecified atom stereocenters. The van der Waals surface area contributed by atoms with E-state index in [1.54, 1.807) is 0 Å². The normalized spacial score (nSPS) is 14.6. The highest BCUT2D eigenvalue weighted by Gasteiger charge is 2.24. The number of hydrogen-bond acceptors (Lipinski definition) is 6. The number of likely N-dealkylation sites (N-methyl/N-ethyl adjacent to an activating group) is 1. The van der Waals surface area contributed by atoms with E-state index in [1.165, 1.54) is 122 Å². The van der Waals surface area contributed by atoms with Crippen molar-refractivity contribution >= 4 is 13.7 Å². The molecule has 0 aromatic heterocycles. The fraction of sp³-hybridized carbons (Fsp3) is 0.820. The average molecular weight is 851 g/mol. The molecule has 0 aromatic rings. The number of aliphatic hydroxyl groups excluding tert-OH is 1. The molecule has 0 bridgehead atoms. The van der Waals surface area contributed by atoms with E-state index < -0.39 is 20.0 Å². The van der Waals surface area contributed by atoms with Crippen LogP contribution < -0.4 is 10.2 Å². The number of phosphoric acid groups is 1. The van der Waals surface area contributed by atoms with Gasteiger partial charge < -0.3 is 28.8 Å². The summed E-state index contributed by atoms with van der Waals surface area (Å²) in [5, 5.41) is 13.9. The maximum absolute atomic E-state index is 12.9. The van der Waals surface area contributed by atoms with Gasteiger partial charge in [0.2, 0.25) is 5.91 Å². The van der Waals surface area contributed by atoms with Crippen molar-refractivity contribution in [1.82, 2.24) is 5.32 Å². The molecule has 8 nitrogen and oxygen atoms in total. The number of nitrogens with zero attached hydrogens (tertiary/aromatic N) is 1. The predicted octanol–water partition coefficient (Wildman–Crippen LogP) is 13.4. The fourth-order valence-corrected chi connectivity index (χ4v) is 7.69. The summed E-state index contributed by atoms with van der Waals surface area (Å²) in [4.78, 5) is 25.4. The molecule has 3 atom stereocenters. The molecular formula is C50H95N2O6P. The highest BCUT2D eigenvalue weighted by molar-refractivity contribution is 7.45.